The molecule has 3 aromatic rings. The molecular weight excluding hydrogens is 468 g/mol. The van der Waals surface area contributed by atoms with Crippen molar-refractivity contribution in [3.63, 3.8) is 0 Å². The van der Waals surface area contributed by atoms with E-state index in [1.807, 2.05) is 35.2 Å². The number of amides is 1. The van der Waals surface area contributed by atoms with Crippen LogP contribution >= 0.6 is 0 Å². The summed E-state index contributed by atoms with van der Waals surface area (Å²) >= 11 is 0. The summed E-state index contributed by atoms with van der Waals surface area (Å²) in [6, 6.07) is 22.3. The van der Waals surface area contributed by atoms with Crippen molar-refractivity contribution >= 4 is 5.91 Å². The average molecular weight is 501 g/mol. The fourth-order valence-electron chi connectivity index (χ4n) is 6.04. The molecule has 2 fully saturated rings. The van der Waals surface area contributed by atoms with Gasteiger partial charge in [-0.25, -0.2) is 0 Å². The number of methoxy groups -OCH3 is 1. The van der Waals surface area contributed by atoms with Crippen LogP contribution in [0.25, 0.3) is 11.1 Å². The van der Waals surface area contributed by atoms with Gasteiger partial charge in [-0.05, 0) is 66.4 Å². The van der Waals surface area contributed by atoms with Crippen LogP contribution in [0.2, 0.25) is 0 Å². The maximum absolute atomic E-state index is 13.5. The third-order valence-corrected chi connectivity index (χ3v) is 7.98. The number of nitrogens with zero attached hydrogens (tertiary/aromatic N) is 2. The van der Waals surface area contributed by atoms with Gasteiger partial charge in [-0.15, -0.1) is 0 Å². The molecule has 3 aromatic carbocycles. The second-order valence-electron chi connectivity index (χ2n) is 9.96. The van der Waals surface area contributed by atoms with E-state index in [9.17, 15) is 9.90 Å². The first-order chi connectivity index (χ1) is 18.2. The summed E-state index contributed by atoms with van der Waals surface area (Å²) in [5, 5.41) is 10.3. The van der Waals surface area contributed by atoms with Gasteiger partial charge in [0.2, 0.25) is 6.79 Å². The highest BCUT2D eigenvalue weighted by Crippen LogP contribution is 2.43. The molecule has 0 aromatic heterocycles. The molecule has 7 heteroatoms. The first-order valence-electron chi connectivity index (χ1n) is 13.0. The summed E-state index contributed by atoms with van der Waals surface area (Å²) in [5.41, 5.74) is 4.04. The van der Waals surface area contributed by atoms with E-state index in [0.717, 1.165) is 42.8 Å². The smallest absolute Gasteiger partial charge is 0.254 e. The maximum atomic E-state index is 13.5. The molecule has 7 nitrogen and oxygen atoms in total. The zero-order chi connectivity index (χ0) is 25.4. The first-order valence-corrected chi connectivity index (χ1v) is 13.0. The SMILES string of the molecule is COc1cccc(-c2ccc([C@@H]3[C@@H](CO)N4CCCCN(C(=O)c5ccc6c(c5)OCO6)C[C@H]34)cc2)c1. The Morgan fingerprint density at radius 2 is 1.78 bits per heavy atom. The van der Waals surface area contributed by atoms with Gasteiger partial charge in [-0.1, -0.05) is 36.4 Å². The highest BCUT2D eigenvalue weighted by molar-refractivity contribution is 5.95. The van der Waals surface area contributed by atoms with E-state index in [0.29, 0.717) is 23.6 Å². The lowest BCUT2D eigenvalue weighted by molar-refractivity contribution is -0.0606. The number of benzene rings is 3. The molecule has 0 bridgehead atoms. The molecule has 3 aliphatic heterocycles. The molecule has 3 atom stereocenters. The van der Waals surface area contributed by atoms with Gasteiger partial charge in [-0.2, -0.15) is 0 Å². The Morgan fingerprint density at radius 1 is 0.973 bits per heavy atom. The lowest BCUT2D eigenvalue weighted by Gasteiger charge is -2.57. The molecule has 1 N–H and O–H groups in total. The minimum atomic E-state index is 0.0136. The van der Waals surface area contributed by atoms with E-state index in [1.165, 1.54) is 5.56 Å². The van der Waals surface area contributed by atoms with Gasteiger partial charge in [0.25, 0.3) is 5.91 Å². The third-order valence-electron chi connectivity index (χ3n) is 7.98. The topological polar surface area (TPSA) is 71.5 Å². The summed E-state index contributed by atoms with van der Waals surface area (Å²) in [5.74, 6) is 2.31. The zero-order valence-electron chi connectivity index (χ0n) is 21.0. The number of carbonyl (C=O) groups excluding carboxylic acids is 1. The van der Waals surface area contributed by atoms with E-state index in [-0.39, 0.29) is 37.3 Å². The fourth-order valence-corrected chi connectivity index (χ4v) is 6.04. The molecule has 1 amide bonds. The van der Waals surface area contributed by atoms with Gasteiger partial charge < -0.3 is 24.2 Å². The summed E-state index contributed by atoms with van der Waals surface area (Å²) in [7, 11) is 1.68. The van der Waals surface area contributed by atoms with Gasteiger partial charge in [0, 0.05) is 36.7 Å². The first kappa shape index (κ1) is 23.8. The van der Waals surface area contributed by atoms with Gasteiger partial charge >= 0.3 is 0 Å². The normalized spacial score (nSPS) is 23.0. The van der Waals surface area contributed by atoms with E-state index in [1.54, 1.807) is 13.2 Å². The number of fused-ring (bicyclic) bond motifs is 2. The Bertz CT molecular complexity index is 1280. The van der Waals surface area contributed by atoms with E-state index in [2.05, 4.69) is 35.2 Å². The zero-order valence-corrected chi connectivity index (χ0v) is 21.0. The van der Waals surface area contributed by atoms with Crippen molar-refractivity contribution in [1.82, 2.24) is 9.80 Å². The molecule has 2 saturated heterocycles. The number of aliphatic hydroxyl groups is 1. The largest absolute Gasteiger partial charge is 0.497 e. The van der Waals surface area contributed by atoms with Crippen molar-refractivity contribution < 1.29 is 24.1 Å². The van der Waals surface area contributed by atoms with Crippen LogP contribution in [-0.2, 0) is 0 Å². The minimum absolute atomic E-state index is 0.0136. The van der Waals surface area contributed by atoms with Crippen molar-refractivity contribution in [2.75, 3.05) is 40.1 Å². The predicted molar refractivity (Wildman–Crippen MR) is 140 cm³/mol. The highest BCUT2D eigenvalue weighted by atomic mass is 16.7. The molecule has 0 spiro atoms. The van der Waals surface area contributed by atoms with Crippen LogP contribution in [0.3, 0.4) is 0 Å². The number of ether oxygens (including phenoxy) is 3. The van der Waals surface area contributed by atoms with Gasteiger partial charge in [0.1, 0.15) is 5.75 Å². The molecular formula is C30H32N2O5. The fraction of sp³-hybridized carbons (Fsp3) is 0.367. The molecule has 3 aliphatic rings. The Morgan fingerprint density at radius 3 is 2.59 bits per heavy atom. The second kappa shape index (κ2) is 10.1. The van der Waals surface area contributed by atoms with E-state index < -0.39 is 0 Å². The van der Waals surface area contributed by atoms with Gasteiger partial charge in [0.05, 0.1) is 13.7 Å². The Hall–Kier alpha value is -3.55. The number of carbonyl (C=O) groups is 1. The number of rotatable bonds is 5. The Labute approximate surface area is 217 Å². The van der Waals surface area contributed by atoms with Crippen LogP contribution in [0.1, 0.15) is 34.7 Å². The third kappa shape index (κ3) is 4.43. The quantitative estimate of drug-likeness (QED) is 0.568. The molecule has 37 heavy (non-hydrogen) atoms. The van der Waals surface area contributed by atoms with E-state index >= 15 is 0 Å². The van der Waals surface area contributed by atoms with Crippen LogP contribution in [-0.4, -0.2) is 73.0 Å². The number of hydrogen-bond donors (Lipinski definition) is 1. The Balaban J connectivity index is 1.24. The van der Waals surface area contributed by atoms with Crippen LogP contribution in [0.5, 0.6) is 17.2 Å². The summed E-state index contributed by atoms with van der Waals surface area (Å²) in [6.45, 7) is 2.60. The highest BCUT2D eigenvalue weighted by Gasteiger charge is 2.49. The standard InChI is InChI=1S/C30H32N2O5/c1-35-24-6-4-5-22(15-24)20-7-9-21(10-8-20)29-25-17-31(13-2-3-14-32(25)26(29)18-33)30(34)23-11-12-27-28(16-23)37-19-36-27/h4-12,15-16,25-26,29,33H,2-3,13-14,17-19H2,1H3/t25-,26-,29+/m1/s1. The molecule has 0 radical (unpaired) electrons. The number of aliphatic hydroxyl groups excluding tert-OH is 1. The number of hydrogen-bond acceptors (Lipinski definition) is 6. The van der Waals surface area contributed by atoms with E-state index in [4.69, 9.17) is 14.2 Å². The lowest BCUT2D eigenvalue weighted by atomic mass is 9.74. The van der Waals surface area contributed by atoms with Crippen molar-refractivity contribution in [3.05, 3.63) is 77.9 Å². The van der Waals surface area contributed by atoms with Gasteiger partial charge in [-0.3, -0.25) is 9.69 Å². The predicted octanol–water partition coefficient (Wildman–Crippen LogP) is 4.16. The summed E-state index contributed by atoms with van der Waals surface area (Å²) < 4.78 is 16.3. The average Bonchev–Trinajstić information content (AvgIpc) is 3.40. The molecule has 0 unspecified atom stereocenters. The molecule has 192 valence electrons. The molecule has 0 aliphatic carbocycles. The van der Waals surface area contributed by atoms with Crippen LogP contribution in [0, 0.1) is 0 Å². The molecule has 0 saturated carbocycles. The van der Waals surface area contributed by atoms with Crippen molar-refractivity contribution in [2.45, 2.75) is 30.8 Å². The summed E-state index contributed by atoms with van der Waals surface area (Å²) in [6.07, 6.45) is 1.94. The van der Waals surface area contributed by atoms with Crippen molar-refractivity contribution in [3.8, 4) is 28.4 Å². The summed E-state index contributed by atoms with van der Waals surface area (Å²) in [4.78, 5) is 17.9. The van der Waals surface area contributed by atoms with Crippen LogP contribution in [0.4, 0.5) is 0 Å². The van der Waals surface area contributed by atoms with Gasteiger partial charge in [0.15, 0.2) is 11.5 Å². The lowest BCUT2D eigenvalue weighted by Crippen LogP contribution is -2.67. The van der Waals surface area contributed by atoms with Crippen molar-refractivity contribution in [2.24, 2.45) is 0 Å². The van der Waals surface area contributed by atoms with Crippen LogP contribution in [0.15, 0.2) is 66.7 Å². The molecule has 3 heterocycles. The van der Waals surface area contributed by atoms with Crippen molar-refractivity contribution in [1.29, 1.82) is 0 Å². The molecule has 6 rings (SSSR count). The maximum Gasteiger partial charge on any atom is 0.254 e. The monoisotopic (exact) mass is 500 g/mol. The Kier molecular flexibility index (Phi) is 6.49. The minimum Gasteiger partial charge on any atom is -0.497 e. The second-order valence-corrected chi connectivity index (χ2v) is 9.96. The van der Waals surface area contributed by atoms with Crippen LogP contribution < -0.4 is 14.2 Å².